The Labute approximate surface area is 107 Å². The number of nitrogens with one attached hydrogen (secondary N) is 1. The first kappa shape index (κ1) is 13.9. The SMILES string of the molecule is CCC(C)NC(=O)C(C)Sc1ccccc1N. The molecule has 0 aliphatic rings. The van der Waals surface area contributed by atoms with Crippen LogP contribution in [-0.4, -0.2) is 17.2 Å². The maximum Gasteiger partial charge on any atom is 0.233 e. The summed E-state index contributed by atoms with van der Waals surface area (Å²) in [6, 6.07) is 7.83. The highest BCUT2D eigenvalue weighted by atomic mass is 32.2. The van der Waals surface area contributed by atoms with E-state index in [4.69, 9.17) is 5.73 Å². The highest BCUT2D eigenvalue weighted by molar-refractivity contribution is 8.00. The second kappa shape index (κ2) is 6.55. The fraction of sp³-hybridized carbons (Fsp3) is 0.462. The molecule has 0 heterocycles. The summed E-state index contributed by atoms with van der Waals surface area (Å²) in [5, 5.41) is 2.84. The standard InChI is InChI=1S/C13H20N2OS/c1-4-9(2)15-13(16)10(3)17-12-8-6-5-7-11(12)14/h5-10H,4,14H2,1-3H3,(H,15,16). The average Bonchev–Trinajstić information content (AvgIpc) is 2.31. The zero-order valence-corrected chi connectivity index (χ0v) is 11.4. The third-order valence-corrected chi connectivity index (χ3v) is 3.79. The molecule has 0 saturated heterocycles. The zero-order valence-electron chi connectivity index (χ0n) is 10.6. The lowest BCUT2D eigenvalue weighted by atomic mass is 10.2. The van der Waals surface area contributed by atoms with Crippen molar-refractivity contribution in [2.75, 3.05) is 5.73 Å². The van der Waals surface area contributed by atoms with Gasteiger partial charge in [-0.1, -0.05) is 19.1 Å². The minimum absolute atomic E-state index is 0.0626. The number of nitrogen functional groups attached to an aromatic ring is 1. The van der Waals surface area contributed by atoms with Gasteiger partial charge in [0.25, 0.3) is 0 Å². The predicted octanol–water partition coefficient (Wildman–Crippen LogP) is 2.66. The first-order valence-electron chi connectivity index (χ1n) is 5.86. The number of benzene rings is 1. The second-order valence-electron chi connectivity index (χ2n) is 4.12. The van der Waals surface area contributed by atoms with Crippen LogP contribution in [0.3, 0.4) is 0 Å². The van der Waals surface area contributed by atoms with Gasteiger partial charge in [0, 0.05) is 16.6 Å². The van der Waals surface area contributed by atoms with Crippen molar-refractivity contribution < 1.29 is 4.79 Å². The lowest BCUT2D eigenvalue weighted by Gasteiger charge is -2.16. The van der Waals surface area contributed by atoms with Gasteiger partial charge in [-0.3, -0.25) is 4.79 Å². The van der Waals surface area contributed by atoms with E-state index >= 15 is 0 Å². The van der Waals surface area contributed by atoms with Gasteiger partial charge >= 0.3 is 0 Å². The molecule has 0 bridgehead atoms. The third-order valence-electron chi connectivity index (χ3n) is 2.59. The Morgan fingerprint density at radius 3 is 2.65 bits per heavy atom. The molecule has 1 aromatic rings. The van der Waals surface area contributed by atoms with E-state index in [1.807, 2.05) is 38.1 Å². The first-order chi connectivity index (χ1) is 8.04. The van der Waals surface area contributed by atoms with Crippen LogP contribution in [0.1, 0.15) is 27.2 Å². The van der Waals surface area contributed by atoms with E-state index < -0.39 is 0 Å². The number of carbonyl (C=O) groups is 1. The number of para-hydroxylation sites is 1. The van der Waals surface area contributed by atoms with Gasteiger partial charge < -0.3 is 11.1 Å². The number of hydrogen-bond acceptors (Lipinski definition) is 3. The maximum atomic E-state index is 11.9. The Hall–Kier alpha value is -1.16. The monoisotopic (exact) mass is 252 g/mol. The first-order valence-corrected chi connectivity index (χ1v) is 6.74. The fourth-order valence-electron chi connectivity index (χ4n) is 1.29. The van der Waals surface area contributed by atoms with Crippen molar-refractivity contribution in [2.24, 2.45) is 0 Å². The largest absolute Gasteiger partial charge is 0.398 e. The number of nitrogens with two attached hydrogens (primary N) is 1. The van der Waals surface area contributed by atoms with E-state index in [0.29, 0.717) is 0 Å². The van der Waals surface area contributed by atoms with Crippen molar-refractivity contribution in [3.8, 4) is 0 Å². The molecule has 1 amide bonds. The molecule has 1 rings (SSSR count). The fourth-order valence-corrected chi connectivity index (χ4v) is 2.21. The third kappa shape index (κ3) is 4.30. The van der Waals surface area contributed by atoms with Gasteiger partial charge in [0.2, 0.25) is 5.91 Å². The Balaban J connectivity index is 2.57. The molecule has 94 valence electrons. The normalized spacial score (nSPS) is 14.1. The summed E-state index contributed by atoms with van der Waals surface area (Å²) in [4.78, 5) is 12.8. The summed E-state index contributed by atoms with van der Waals surface area (Å²) in [5.41, 5.74) is 6.57. The second-order valence-corrected chi connectivity index (χ2v) is 5.50. The summed E-state index contributed by atoms with van der Waals surface area (Å²) in [7, 11) is 0. The molecule has 0 aliphatic heterocycles. The quantitative estimate of drug-likeness (QED) is 0.625. The summed E-state index contributed by atoms with van der Waals surface area (Å²) in [6.07, 6.45) is 0.941. The van der Waals surface area contributed by atoms with Crippen LogP contribution < -0.4 is 11.1 Å². The number of anilines is 1. The molecule has 3 nitrogen and oxygen atoms in total. The van der Waals surface area contributed by atoms with Crippen LogP contribution in [0.2, 0.25) is 0 Å². The van der Waals surface area contributed by atoms with E-state index in [1.54, 1.807) is 0 Å². The summed E-state index contributed by atoms with van der Waals surface area (Å²) in [5.74, 6) is 0.0626. The molecule has 2 unspecified atom stereocenters. The molecule has 0 aliphatic carbocycles. The van der Waals surface area contributed by atoms with Gasteiger partial charge in [-0.25, -0.2) is 0 Å². The maximum absolute atomic E-state index is 11.9. The summed E-state index contributed by atoms with van der Waals surface area (Å²) >= 11 is 1.49. The van der Waals surface area contributed by atoms with Crippen molar-refractivity contribution in [3.63, 3.8) is 0 Å². The average molecular weight is 252 g/mol. The number of rotatable bonds is 5. The number of amides is 1. The van der Waals surface area contributed by atoms with Gasteiger partial charge in [-0.2, -0.15) is 0 Å². The van der Waals surface area contributed by atoms with Crippen LogP contribution in [0.25, 0.3) is 0 Å². The van der Waals surface area contributed by atoms with Crippen molar-refractivity contribution in [3.05, 3.63) is 24.3 Å². The van der Waals surface area contributed by atoms with Gasteiger partial charge in [-0.05, 0) is 32.4 Å². The lowest BCUT2D eigenvalue weighted by Crippen LogP contribution is -2.37. The van der Waals surface area contributed by atoms with E-state index in [-0.39, 0.29) is 17.2 Å². The number of thioether (sulfide) groups is 1. The van der Waals surface area contributed by atoms with Crippen LogP contribution in [-0.2, 0) is 4.79 Å². The molecule has 0 aromatic heterocycles. The molecule has 4 heteroatoms. The van der Waals surface area contributed by atoms with Gasteiger partial charge in [0.05, 0.1) is 5.25 Å². The van der Waals surface area contributed by atoms with Crippen molar-refractivity contribution >= 4 is 23.4 Å². The van der Waals surface area contributed by atoms with E-state index in [2.05, 4.69) is 12.2 Å². The van der Waals surface area contributed by atoms with Crippen LogP contribution >= 0.6 is 11.8 Å². The summed E-state index contributed by atoms with van der Waals surface area (Å²) in [6.45, 7) is 5.96. The highest BCUT2D eigenvalue weighted by Gasteiger charge is 2.16. The van der Waals surface area contributed by atoms with Crippen molar-refractivity contribution in [1.82, 2.24) is 5.32 Å². The van der Waals surface area contributed by atoms with Crippen LogP contribution in [0, 0.1) is 0 Å². The topological polar surface area (TPSA) is 55.1 Å². The number of hydrogen-bond donors (Lipinski definition) is 2. The van der Waals surface area contributed by atoms with Crippen LogP contribution in [0.15, 0.2) is 29.2 Å². The van der Waals surface area contributed by atoms with E-state index in [0.717, 1.165) is 17.0 Å². The minimum atomic E-state index is -0.131. The molecule has 2 atom stereocenters. The van der Waals surface area contributed by atoms with Gasteiger partial charge in [-0.15, -0.1) is 11.8 Å². The molecule has 1 aromatic carbocycles. The Kier molecular flexibility index (Phi) is 5.35. The molecular formula is C13H20N2OS. The highest BCUT2D eigenvalue weighted by Crippen LogP contribution is 2.28. The Bertz CT molecular complexity index is 381. The molecule has 0 saturated carbocycles. The van der Waals surface area contributed by atoms with Crippen molar-refractivity contribution in [1.29, 1.82) is 0 Å². The van der Waals surface area contributed by atoms with E-state index in [9.17, 15) is 4.79 Å². The molecule has 3 N–H and O–H groups in total. The molecule has 0 radical (unpaired) electrons. The zero-order chi connectivity index (χ0) is 12.8. The van der Waals surface area contributed by atoms with Gasteiger partial charge in [0.1, 0.15) is 0 Å². The Morgan fingerprint density at radius 1 is 1.41 bits per heavy atom. The summed E-state index contributed by atoms with van der Waals surface area (Å²) < 4.78 is 0. The molecule has 0 fully saturated rings. The minimum Gasteiger partial charge on any atom is -0.398 e. The smallest absolute Gasteiger partial charge is 0.233 e. The molecular weight excluding hydrogens is 232 g/mol. The Morgan fingerprint density at radius 2 is 2.06 bits per heavy atom. The van der Waals surface area contributed by atoms with Gasteiger partial charge in [0.15, 0.2) is 0 Å². The lowest BCUT2D eigenvalue weighted by molar-refractivity contribution is -0.120. The van der Waals surface area contributed by atoms with E-state index in [1.165, 1.54) is 11.8 Å². The van der Waals surface area contributed by atoms with Crippen LogP contribution in [0.4, 0.5) is 5.69 Å². The molecule has 0 spiro atoms. The number of carbonyl (C=O) groups excluding carboxylic acids is 1. The predicted molar refractivity (Wildman–Crippen MR) is 74.1 cm³/mol. The molecule has 17 heavy (non-hydrogen) atoms. The van der Waals surface area contributed by atoms with Crippen molar-refractivity contribution in [2.45, 2.75) is 43.4 Å². The van der Waals surface area contributed by atoms with Crippen LogP contribution in [0.5, 0.6) is 0 Å².